The number of ether oxygens (including phenoxy) is 1. The normalized spacial score (nSPS) is 22.4. The van der Waals surface area contributed by atoms with Crippen LogP contribution >= 0.6 is 0 Å². The molecule has 8 nitrogen and oxygen atoms in total. The Hall–Kier alpha value is -2.78. The molecule has 2 aromatic rings. The molecule has 32 heavy (non-hydrogen) atoms. The largest absolute Gasteiger partial charge is 0.444 e. The average molecular weight is 447 g/mol. The minimum absolute atomic E-state index is 0.0162. The first-order valence-electron chi connectivity index (χ1n) is 11.1. The summed E-state index contributed by atoms with van der Waals surface area (Å²) in [5.41, 5.74) is 1.06. The Morgan fingerprint density at radius 1 is 1.25 bits per heavy atom. The quantitative estimate of drug-likeness (QED) is 0.715. The van der Waals surface area contributed by atoms with Crippen LogP contribution in [0.1, 0.15) is 57.8 Å². The number of rotatable bonds is 3. The Labute approximate surface area is 185 Å². The van der Waals surface area contributed by atoms with E-state index in [1.54, 1.807) is 15.8 Å². The molecule has 0 unspecified atom stereocenters. The van der Waals surface area contributed by atoms with Crippen LogP contribution in [-0.2, 0) is 17.1 Å². The second-order valence-corrected chi connectivity index (χ2v) is 9.98. The second-order valence-electron chi connectivity index (χ2n) is 9.98. The lowest BCUT2D eigenvalue weighted by molar-refractivity contribution is -0.00602. The number of alkyl halides is 2. The van der Waals surface area contributed by atoms with Crippen molar-refractivity contribution in [2.75, 3.05) is 24.5 Å². The molecule has 4 heterocycles. The minimum atomic E-state index is -2.94. The number of carbonyl (C=O) groups excluding carboxylic acids is 1. The average Bonchev–Trinajstić information content (AvgIpc) is 3.22. The molecule has 2 fully saturated rings. The Morgan fingerprint density at radius 3 is 2.62 bits per heavy atom. The van der Waals surface area contributed by atoms with Crippen LogP contribution in [0.3, 0.4) is 0 Å². The molecule has 172 valence electrons. The predicted octanol–water partition coefficient (Wildman–Crippen LogP) is 3.77. The van der Waals surface area contributed by atoms with Crippen molar-refractivity contribution >= 4 is 12.0 Å². The maximum atomic E-state index is 14.5. The van der Waals surface area contributed by atoms with Crippen LogP contribution in [0.4, 0.5) is 19.5 Å². The van der Waals surface area contributed by atoms with Gasteiger partial charge in [-0.15, -0.1) is 0 Å². The summed E-state index contributed by atoms with van der Waals surface area (Å²) in [6, 6.07) is 0.259. The van der Waals surface area contributed by atoms with Crippen LogP contribution in [-0.4, -0.2) is 62.0 Å². The molecule has 2 aliphatic heterocycles. The van der Waals surface area contributed by atoms with Gasteiger partial charge in [-0.2, -0.15) is 13.9 Å². The summed E-state index contributed by atoms with van der Waals surface area (Å²) in [6.07, 6.45) is 4.15. The van der Waals surface area contributed by atoms with E-state index in [0.29, 0.717) is 35.9 Å². The van der Waals surface area contributed by atoms with E-state index in [2.05, 4.69) is 10.1 Å². The number of nitrogens with zero attached hydrogens (tertiary/aromatic N) is 6. The highest BCUT2D eigenvalue weighted by molar-refractivity contribution is 5.69. The fourth-order valence-electron chi connectivity index (χ4n) is 4.35. The summed E-state index contributed by atoms with van der Waals surface area (Å²) >= 11 is 0. The number of anilines is 1. The van der Waals surface area contributed by atoms with E-state index in [-0.39, 0.29) is 36.7 Å². The summed E-state index contributed by atoms with van der Waals surface area (Å²) < 4.78 is 36.3. The molecule has 5 rings (SSSR count). The fourth-order valence-corrected chi connectivity index (χ4v) is 4.35. The van der Waals surface area contributed by atoms with Gasteiger partial charge in [0.2, 0.25) is 5.95 Å². The molecule has 0 aromatic carbocycles. The number of fused-ring (bicyclic) bond motifs is 1. The van der Waals surface area contributed by atoms with Gasteiger partial charge in [0.25, 0.3) is 5.92 Å². The van der Waals surface area contributed by atoms with E-state index in [9.17, 15) is 13.6 Å². The number of aromatic nitrogens is 4. The molecule has 1 amide bonds. The van der Waals surface area contributed by atoms with Crippen LogP contribution < -0.4 is 4.90 Å². The summed E-state index contributed by atoms with van der Waals surface area (Å²) in [4.78, 5) is 24.7. The van der Waals surface area contributed by atoms with Crippen molar-refractivity contribution < 1.29 is 18.3 Å². The summed E-state index contributed by atoms with van der Waals surface area (Å²) in [5, 5.41) is 4.44. The van der Waals surface area contributed by atoms with Gasteiger partial charge in [-0.3, -0.25) is 4.68 Å². The minimum Gasteiger partial charge on any atom is -0.444 e. The summed E-state index contributed by atoms with van der Waals surface area (Å²) in [7, 11) is 0. The van der Waals surface area contributed by atoms with Crippen molar-refractivity contribution in [2.24, 2.45) is 0 Å². The van der Waals surface area contributed by atoms with Crippen LogP contribution in [0, 0.1) is 0 Å². The van der Waals surface area contributed by atoms with Gasteiger partial charge < -0.3 is 14.5 Å². The molecule has 0 bridgehead atoms. The zero-order valence-corrected chi connectivity index (χ0v) is 18.8. The zero-order valence-electron chi connectivity index (χ0n) is 18.8. The predicted molar refractivity (Wildman–Crippen MR) is 114 cm³/mol. The fraction of sp³-hybridized carbons (Fsp3) is 0.636. The molecule has 0 saturated carbocycles. The van der Waals surface area contributed by atoms with E-state index in [1.165, 1.54) is 0 Å². The molecular weight excluding hydrogens is 418 g/mol. The number of halogens is 2. The number of likely N-dealkylation sites (tertiary alicyclic amines) is 1. The molecule has 1 aliphatic carbocycles. The van der Waals surface area contributed by atoms with Crippen LogP contribution in [0.5, 0.6) is 0 Å². The van der Waals surface area contributed by atoms with Crippen molar-refractivity contribution in [3.63, 3.8) is 0 Å². The molecular formula is C22H28F2N6O2. The van der Waals surface area contributed by atoms with Crippen molar-refractivity contribution in [3.8, 4) is 11.3 Å². The lowest BCUT2D eigenvalue weighted by atomic mass is 10.1. The van der Waals surface area contributed by atoms with Gasteiger partial charge in [0.15, 0.2) is 0 Å². The Morgan fingerprint density at radius 2 is 2.00 bits per heavy atom. The lowest BCUT2D eigenvalue weighted by Gasteiger charge is -2.39. The number of carbonyl (C=O) groups is 1. The maximum absolute atomic E-state index is 14.5. The smallest absolute Gasteiger partial charge is 0.410 e. The Bertz CT molecular complexity index is 1060. The first-order valence-corrected chi connectivity index (χ1v) is 11.1. The van der Waals surface area contributed by atoms with Crippen molar-refractivity contribution in [1.29, 1.82) is 0 Å². The van der Waals surface area contributed by atoms with Gasteiger partial charge in [-0.1, -0.05) is 0 Å². The SMILES string of the molecule is C[C@H]1CCN1c1nc(-c2cnn(C3CN(C(=O)OC(C)(C)C)C3)c2)c2c(n1)C(F)(F)CC2. The Kier molecular flexibility index (Phi) is 4.69. The molecule has 1 atom stereocenters. The van der Waals surface area contributed by atoms with Gasteiger partial charge in [-0.05, 0) is 40.5 Å². The third-order valence-corrected chi connectivity index (χ3v) is 6.37. The van der Waals surface area contributed by atoms with E-state index >= 15 is 0 Å². The van der Waals surface area contributed by atoms with E-state index in [4.69, 9.17) is 9.72 Å². The van der Waals surface area contributed by atoms with Gasteiger partial charge in [0.05, 0.1) is 17.9 Å². The zero-order chi connectivity index (χ0) is 22.8. The maximum Gasteiger partial charge on any atom is 0.410 e. The molecule has 2 aromatic heterocycles. The van der Waals surface area contributed by atoms with Gasteiger partial charge >= 0.3 is 6.09 Å². The lowest BCUT2D eigenvalue weighted by Crippen LogP contribution is -2.52. The first kappa shape index (κ1) is 21.1. The van der Waals surface area contributed by atoms with Crippen LogP contribution in [0.2, 0.25) is 0 Å². The van der Waals surface area contributed by atoms with Gasteiger partial charge in [0, 0.05) is 49.4 Å². The molecule has 0 spiro atoms. The topological polar surface area (TPSA) is 76.4 Å². The van der Waals surface area contributed by atoms with Crippen LogP contribution in [0.25, 0.3) is 11.3 Å². The monoisotopic (exact) mass is 446 g/mol. The summed E-state index contributed by atoms with van der Waals surface area (Å²) in [5.74, 6) is -2.57. The molecule has 2 saturated heterocycles. The van der Waals surface area contributed by atoms with E-state index in [1.807, 2.05) is 38.8 Å². The molecule has 3 aliphatic rings. The number of hydrogen-bond acceptors (Lipinski definition) is 6. The highest BCUT2D eigenvalue weighted by atomic mass is 19.3. The van der Waals surface area contributed by atoms with Crippen molar-refractivity contribution in [3.05, 3.63) is 23.7 Å². The molecule has 0 N–H and O–H groups in total. The third-order valence-electron chi connectivity index (χ3n) is 6.37. The number of amides is 1. The van der Waals surface area contributed by atoms with Crippen molar-refractivity contribution in [2.45, 2.75) is 70.6 Å². The standard InChI is InChI=1S/C22H28F2N6O2/c1-13-6-8-29(13)19-26-17(16-5-7-22(23,24)18(16)27-19)14-9-25-30(10-14)15-11-28(12-15)20(31)32-21(2,3)4/h9-10,13,15H,5-8,11-12H2,1-4H3/t13-/m0/s1. The third kappa shape index (κ3) is 3.59. The first-order chi connectivity index (χ1) is 15.0. The van der Waals surface area contributed by atoms with Gasteiger partial charge in [-0.25, -0.2) is 14.8 Å². The summed E-state index contributed by atoms with van der Waals surface area (Å²) in [6.45, 7) is 9.30. The van der Waals surface area contributed by atoms with Crippen molar-refractivity contribution in [1.82, 2.24) is 24.6 Å². The van der Waals surface area contributed by atoms with E-state index < -0.39 is 11.5 Å². The van der Waals surface area contributed by atoms with Gasteiger partial charge in [0.1, 0.15) is 11.3 Å². The number of hydrogen-bond donors (Lipinski definition) is 0. The molecule has 10 heteroatoms. The Balaban J connectivity index is 1.38. The highest BCUT2D eigenvalue weighted by Gasteiger charge is 2.44. The molecule has 0 radical (unpaired) electrons. The van der Waals surface area contributed by atoms with Crippen LogP contribution in [0.15, 0.2) is 12.4 Å². The van der Waals surface area contributed by atoms with E-state index in [0.717, 1.165) is 13.0 Å². The second kappa shape index (κ2) is 7.11. The highest BCUT2D eigenvalue weighted by Crippen LogP contribution is 2.45.